The summed E-state index contributed by atoms with van der Waals surface area (Å²) in [4.78, 5) is 4.47. The zero-order chi connectivity index (χ0) is 20.6. The first kappa shape index (κ1) is 19.3. The van der Waals surface area contributed by atoms with Crippen molar-refractivity contribution in [3.05, 3.63) is 54.0 Å². The highest BCUT2D eigenvalue weighted by molar-refractivity contribution is 7.92. The lowest BCUT2D eigenvalue weighted by atomic mass is 10.1. The lowest BCUT2D eigenvalue weighted by Crippen LogP contribution is -2.15. The number of nitrogens with one attached hydrogen (secondary N) is 1. The maximum Gasteiger partial charge on any atom is 0.262 e. The van der Waals surface area contributed by atoms with Crippen LogP contribution in [0, 0.1) is 6.92 Å². The fourth-order valence-electron chi connectivity index (χ4n) is 3.08. The molecule has 0 atom stereocenters. The van der Waals surface area contributed by atoms with Crippen LogP contribution in [0.2, 0.25) is 0 Å². The predicted octanol–water partition coefficient (Wildman–Crippen LogP) is 4.35. The van der Waals surface area contributed by atoms with E-state index < -0.39 is 10.0 Å². The minimum atomic E-state index is -3.88. The molecule has 2 aromatic carbocycles. The van der Waals surface area contributed by atoms with Gasteiger partial charge in [-0.1, -0.05) is 12.1 Å². The summed E-state index contributed by atoms with van der Waals surface area (Å²) in [5, 5.41) is 0. The lowest BCUT2D eigenvalue weighted by molar-refractivity contribution is 0.405. The van der Waals surface area contributed by atoms with E-state index in [2.05, 4.69) is 9.71 Å². The van der Waals surface area contributed by atoms with Gasteiger partial charge in [0.05, 0.1) is 31.0 Å². The van der Waals surface area contributed by atoms with E-state index in [0.29, 0.717) is 45.9 Å². The molecular formula is C21H22N2O5S. The van der Waals surface area contributed by atoms with E-state index in [1.54, 1.807) is 43.5 Å². The van der Waals surface area contributed by atoms with Gasteiger partial charge >= 0.3 is 0 Å². The van der Waals surface area contributed by atoms with Crippen LogP contribution >= 0.6 is 0 Å². The number of rotatable bonds is 7. The maximum atomic E-state index is 13.1. The molecule has 4 rings (SSSR count). The summed E-state index contributed by atoms with van der Waals surface area (Å²) < 4.78 is 45.2. The van der Waals surface area contributed by atoms with Crippen molar-refractivity contribution in [1.82, 2.24) is 4.98 Å². The molecule has 3 aromatic rings. The Balaban J connectivity index is 1.69. The zero-order valence-corrected chi connectivity index (χ0v) is 17.2. The fourth-order valence-corrected chi connectivity index (χ4v) is 4.41. The van der Waals surface area contributed by atoms with Crippen LogP contribution in [-0.2, 0) is 10.0 Å². The van der Waals surface area contributed by atoms with Crippen LogP contribution in [0.1, 0.15) is 30.2 Å². The topological polar surface area (TPSA) is 90.7 Å². The van der Waals surface area contributed by atoms with Gasteiger partial charge in [-0.05, 0) is 43.5 Å². The molecule has 1 aliphatic rings. The molecule has 1 aliphatic carbocycles. The number of aromatic nitrogens is 1. The number of ether oxygens (including phenoxy) is 2. The van der Waals surface area contributed by atoms with Crippen LogP contribution in [0.15, 0.2) is 51.9 Å². The number of anilines is 1. The molecule has 0 bridgehead atoms. The van der Waals surface area contributed by atoms with Crippen LogP contribution in [0.3, 0.4) is 0 Å². The average Bonchev–Trinajstić information content (AvgIpc) is 3.44. The van der Waals surface area contributed by atoms with Gasteiger partial charge in [0.1, 0.15) is 11.5 Å². The molecule has 1 fully saturated rings. The SMILES string of the molecule is COc1ccc(OC)c(NS(=O)(=O)c2cc(-c3cnc(C4CC4)o3)ccc2C)c1. The molecule has 29 heavy (non-hydrogen) atoms. The second kappa shape index (κ2) is 7.44. The highest BCUT2D eigenvalue weighted by Crippen LogP contribution is 2.41. The summed E-state index contributed by atoms with van der Waals surface area (Å²) in [5.41, 5.74) is 1.57. The van der Waals surface area contributed by atoms with Crippen molar-refractivity contribution in [1.29, 1.82) is 0 Å². The van der Waals surface area contributed by atoms with Gasteiger partial charge in [-0.15, -0.1) is 0 Å². The summed E-state index contributed by atoms with van der Waals surface area (Å²) in [6.07, 6.45) is 3.81. The minimum Gasteiger partial charge on any atom is -0.497 e. The molecule has 0 spiro atoms. The van der Waals surface area contributed by atoms with Gasteiger partial charge < -0.3 is 13.9 Å². The van der Waals surface area contributed by atoms with Crippen molar-refractivity contribution in [3.8, 4) is 22.8 Å². The first-order chi connectivity index (χ1) is 13.9. The zero-order valence-electron chi connectivity index (χ0n) is 16.4. The first-order valence-corrected chi connectivity index (χ1v) is 10.7. The van der Waals surface area contributed by atoms with Crippen molar-refractivity contribution in [3.63, 3.8) is 0 Å². The van der Waals surface area contributed by atoms with Crippen molar-refractivity contribution in [2.45, 2.75) is 30.6 Å². The van der Waals surface area contributed by atoms with Crippen LogP contribution in [0.4, 0.5) is 5.69 Å². The van der Waals surface area contributed by atoms with E-state index in [1.807, 2.05) is 6.07 Å². The Bertz CT molecular complexity index is 1150. The van der Waals surface area contributed by atoms with Crippen LogP contribution in [-0.4, -0.2) is 27.6 Å². The number of oxazole rings is 1. The van der Waals surface area contributed by atoms with Gasteiger partial charge in [0.2, 0.25) is 0 Å². The van der Waals surface area contributed by atoms with Crippen LogP contribution < -0.4 is 14.2 Å². The summed E-state index contributed by atoms with van der Waals surface area (Å²) in [6, 6.07) is 10.1. The number of aryl methyl sites for hydroxylation is 1. The normalized spacial score (nSPS) is 13.9. The third-order valence-corrected chi connectivity index (χ3v) is 6.37. The Labute approximate surface area is 169 Å². The average molecular weight is 414 g/mol. The maximum absolute atomic E-state index is 13.1. The van der Waals surface area contributed by atoms with Crippen molar-refractivity contribution < 1.29 is 22.3 Å². The van der Waals surface area contributed by atoms with Gasteiger partial charge in [-0.2, -0.15) is 0 Å². The van der Waals surface area contributed by atoms with E-state index >= 15 is 0 Å². The van der Waals surface area contributed by atoms with Gasteiger partial charge in [-0.25, -0.2) is 13.4 Å². The van der Waals surface area contributed by atoms with Gasteiger partial charge in [-0.3, -0.25) is 4.72 Å². The third kappa shape index (κ3) is 3.93. The van der Waals surface area contributed by atoms with Crippen LogP contribution in [0.5, 0.6) is 11.5 Å². The smallest absolute Gasteiger partial charge is 0.262 e. The highest BCUT2D eigenvalue weighted by atomic mass is 32.2. The Hall–Kier alpha value is -3.00. The quantitative estimate of drug-likeness (QED) is 0.618. The summed E-state index contributed by atoms with van der Waals surface area (Å²) in [7, 11) is -0.883. The molecule has 1 N–H and O–H groups in total. The van der Waals surface area contributed by atoms with E-state index in [0.717, 1.165) is 12.8 Å². The number of hydrogen-bond acceptors (Lipinski definition) is 6. The van der Waals surface area contributed by atoms with E-state index in [-0.39, 0.29) is 4.90 Å². The molecule has 1 saturated carbocycles. The highest BCUT2D eigenvalue weighted by Gasteiger charge is 2.29. The minimum absolute atomic E-state index is 0.157. The van der Waals surface area contributed by atoms with Crippen LogP contribution in [0.25, 0.3) is 11.3 Å². The molecule has 0 unspecified atom stereocenters. The molecular weight excluding hydrogens is 392 g/mol. The Morgan fingerprint density at radius 1 is 1.10 bits per heavy atom. The Morgan fingerprint density at radius 3 is 2.59 bits per heavy atom. The second-order valence-electron chi connectivity index (χ2n) is 6.99. The molecule has 0 radical (unpaired) electrons. The fraction of sp³-hybridized carbons (Fsp3) is 0.286. The molecule has 0 aliphatic heterocycles. The molecule has 0 saturated heterocycles. The van der Waals surface area contributed by atoms with E-state index in [4.69, 9.17) is 13.9 Å². The molecule has 8 heteroatoms. The first-order valence-electron chi connectivity index (χ1n) is 9.23. The summed E-state index contributed by atoms with van der Waals surface area (Å²) >= 11 is 0. The van der Waals surface area contributed by atoms with Gasteiger partial charge in [0.25, 0.3) is 10.0 Å². The number of sulfonamides is 1. The van der Waals surface area contributed by atoms with Crippen molar-refractivity contribution in [2.24, 2.45) is 0 Å². The van der Waals surface area contributed by atoms with Gasteiger partial charge in [0.15, 0.2) is 11.7 Å². The number of benzene rings is 2. The lowest BCUT2D eigenvalue weighted by Gasteiger charge is -2.15. The Kier molecular flexibility index (Phi) is 4.96. The van der Waals surface area contributed by atoms with Gasteiger partial charge in [0, 0.05) is 17.5 Å². The molecule has 0 amide bonds. The Morgan fingerprint density at radius 2 is 1.90 bits per heavy atom. The van der Waals surface area contributed by atoms with E-state index in [9.17, 15) is 8.42 Å². The standard InChI is InChI=1S/C21H22N2O5S/c1-13-4-5-15(19-12-22-21(28-19)14-6-7-14)10-20(13)29(24,25)23-17-11-16(26-2)8-9-18(17)27-3/h4-5,8-12,14,23H,6-7H2,1-3H3. The molecule has 1 heterocycles. The van der Waals surface area contributed by atoms with E-state index in [1.165, 1.54) is 14.2 Å². The second-order valence-corrected chi connectivity index (χ2v) is 8.64. The molecule has 1 aromatic heterocycles. The molecule has 7 nitrogen and oxygen atoms in total. The summed E-state index contributed by atoms with van der Waals surface area (Å²) in [5.74, 6) is 2.57. The molecule has 152 valence electrons. The number of hydrogen-bond donors (Lipinski definition) is 1. The van der Waals surface area contributed by atoms with Crippen molar-refractivity contribution in [2.75, 3.05) is 18.9 Å². The summed E-state index contributed by atoms with van der Waals surface area (Å²) in [6.45, 7) is 1.75. The number of methoxy groups -OCH3 is 2. The number of nitrogens with zero attached hydrogens (tertiary/aromatic N) is 1. The monoisotopic (exact) mass is 414 g/mol. The largest absolute Gasteiger partial charge is 0.497 e. The third-order valence-electron chi connectivity index (χ3n) is 4.86. The predicted molar refractivity (Wildman–Crippen MR) is 109 cm³/mol. The van der Waals surface area contributed by atoms with Crippen molar-refractivity contribution >= 4 is 15.7 Å².